The van der Waals surface area contributed by atoms with Crippen molar-refractivity contribution in [1.29, 1.82) is 0 Å². The number of fused-ring (bicyclic) bond motifs is 1. The molecule has 0 radical (unpaired) electrons. The number of primary amides is 1. The molecule has 1 heterocycles. The largest absolute Gasteiger partial charge is 0.478 e. The monoisotopic (exact) mass is 394 g/mol. The summed E-state index contributed by atoms with van der Waals surface area (Å²) >= 11 is 0. The van der Waals surface area contributed by atoms with Gasteiger partial charge in [0.2, 0.25) is 15.9 Å². The summed E-state index contributed by atoms with van der Waals surface area (Å²) in [5.41, 5.74) is 6.91. The highest BCUT2D eigenvalue weighted by Gasteiger charge is 2.32. The van der Waals surface area contributed by atoms with Gasteiger partial charge in [0.1, 0.15) is 0 Å². The summed E-state index contributed by atoms with van der Waals surface area (Å²) in [5, 5.41) is 9.40. The van der Waals surface area contributed by atoms with Crippen molar-refractivity contribution in [3.05, 3.63) is 28.8 Å². The highest BCUT2D eigenvalue weighted by Crippen LogP contribution is 2.32. The first-order valence-electron chi connectivity index (χ1n) is 9.46. The van der Waals surface area contributed by atoms with E-state index in [4.69, 9.17) is 5.73 Å². The van der Waals surface area contributed by atoms with Gasteiger partial charge in [0, 0.05) is 19.5 Å². The van der Waals surface area contributed by atoms with E-state index in [0.29, 0.717) is 38.8 Å². The Bertz CT molecular complexity index is 850. The number of sulfonamides is 1. The van der Waals surface area contributed by atoms with Gasteiger partial charge in [0.25, 0.3) is 0 Å². The van der Waals surface area contributed by atoms with Gasteiger partial charge in [-0.25, -0.2) is 13.2 Å². The molecule has 1 aromatic rings. The number of benzene rings is 1. The molecule has 1 aliphatic carbocycles. The fraction of sp³-hybridized carbons (Fsp3) is 0.579. The second-order valence-corrected chi connectivity index (χ2v) is 9.40. The van der Waals surface area contributed by atoms with Crippen LogP contribution in [0.1, 0.15) is 60.0 Å². The summed E-state index contributed by atoms with van der Waals surface area (Å²) in [4.78, 5) is 22.8. The van der Waals surface area contributed by atoms with E-state index in [1.165, 1.54) is 10.4 Å². The van der Waals surface area contributed by atoms with Crippen molar-refractivity contribution in [3.8, 4) is 0 Å². The molecule has 0 aromatic heterocycles. The lowest BCUT2D eigenvalue weighted by molar-refractivity contribution is -0.119. The van der Waals surface area contributed by atoms with Gasteiger partial charge >= 0.3 is 5.97 Å². The number of amides is 1. The molecular formula is C19H26N2O5S. The molecule has 1 amide bonds. The van der Waals surface area contributed by atoms with Gasteiger partial charge in [0.05, 0.1) is 10.5 Å². The van der Waals surface area contributed by atoms with Crippen LogP contribution in [0.2, 0.25) is 0 Å². The minimum absolute atomic E-state index is 0.0238. The maximum absolute atomic E-state index is 13.4. The second-order valence-electron chi connectivity index (χ2n) is 7.50. The van der Waals surface area contributed by atoms with Crippen LogP contribution in [0.5, 0.6) is 0 Å². The number of hydrogen-bond acceptors (Lipinski definition) is 4. The summed E-state index contributed by atoms with van der Waals surface area (Å²) in [6.45, 7) is 0.704. The molecule has 0 saturated carbocycles. The SMILES string of the molecule is NC(=O)C[C@H]1CCCN(S(=O)(=O)c2cc(C(=O)O)cc3c2CCCC3)CC1. The molecule has 1 atom stereocenters. The number of carbonyl (C=O) groups is 2. The number of nitrogens with two attached hydrogens (primary N) is 1. The van der Waals surface area contributed by atoms with Crippen LogP contribution in [0.3, 0.4) is 0 Å². The molecule has 1 aliphatic heterocycles. The van der Waals surface area contributed by atoms with Gasteiger partial charge in [-0.1, -0.05) is 0 Å². The number of nitrogens with zero attached hydrogens (tertiary/aromatic N) is 1. The van der Waals surface area contributed by atoms with Crippen LogP contribution in [-0.4, -0.2) is 42.8 Å². The minimum atomic E-state index is -3.78. The Morgan fingerprint density at radius 3 is 2.56 bits per heavy atom. The zero-order chi connectivity index (χ0) is 19.6. The molecule has 0 bridgehead atoms. The summed E-state index contributed by atoms with van der Waals surface area (Å²) in [6, 6.07) is 2.93. The van der Waals surface area contributed by atoms with Gasteiger partial charge in [-0.3, -0.25) is 4.79 Å². The summed E-state index contributed by atoms with van der Waals surface area (Å²) < 4.78 is 28.2. The number of carboxylic acids is 1. The average molecular weight is 394 g/mol. The number of rotatable bonds is 5. The van der Waals surface area contributed by atoms with Gasteiger partial charge in [-0.2, -0.15) is 4.31 Å². The zero-order valence-electron chi connectivity index (χ0n) is 15.3. The Morgan fingerprint density at radius 1 is 1.11 bits per heavy atom. The smallest absolute Gasteiger partial charge is 0.335 e. The molecule has 1 fully saturated rings. The van der Waals surface area contributed by atoms with Gasteiger partial charge in [-0.05, 0) is 74.1 Å². The summed E-state index contributed by atoms with van der Waals surface area (Å²) in [5.74, 6) is -1.38. The first-order chi connectivity index (χ1) is 12.8. The molecule has 0 spiro atoms. The molecule has 7 nitrogen and oxygen atoms in total. The highest BCUT2D eigenvalue weighted by molar-refractivity contribution is 7.89. The molecule has 3 N–H and O–H groups in total. The highest BCUT2D eigenvalue weighted by atomic mass is 32.2. The predicted octanol–water partition coefficient (Wildman–Crippen LogP) is 1.93. The van der Waals surface area contributed by atoms with Crippen LogP contribution in [-0.2, 0) is 27.7 Å². The van der Waals surface area contributed by atoms with E-state index in [2.05, 4.69) is 0 Å². The van der Waals surface area contributed by atoms with E-state index in [1.807, 2.05) is 0 Å². The molecule has 27 heavy (non-hydrogen) atoms. The lowest BCUT2D eigenvalue weighted by Crippen LogP contribution is -2.33. The molecule has 1 aromatic carbocycles. The van der Waals surface area contributed by atoms with Gasteiger partial charge in [-0.15, -0.1) is 0 Å². The fourth-order valence-electron chi connectivity index (χ4n) is 4.19. The van der Waals surface area contributed by atoms with Crippen LogP contribution in [0, 0.1) is 5.92 Å². The number of aryl methyl sites for hydroxylation is 1. The molecule has 148 valence electrons. The standard InChI is InChI=1S/C19H26N2O5S/c20-18(22)10-13-4-3-8-21(9-7-13)27(25,26)17-12-15(19(23)24)11-14-5-1-2-6-16(14)17/h11-13H,1-10H2,(H2,20,22)(H,23,24)/t13-/m0/s1. The summed E-state index contributed by atoms with van der Waals surface area (Å²) in [7, 11) is -3.78. The van der Waals surface area contributed by atoms with Crippen molar-refractivity contribution in [3.63, 3.8) is 0 Å². The quantitative estimate of drug-likeness (QED) is 0.791. The van der Waals surface area contributed by atoms with E-state index in [9.17, 15) is 23.1 Å². The van der Waals surface area contributed by atoms with E-state index in [1.54, 1.807) is 6.07 Å². The lowest BCUT2D eigenvalue weighted by atomic mass is 9.90. The van der Waals surface area contributed by atoms with Crippen LogP contribution in [0.4, 0.5) is 0 Å². The maximum atomic E-state index is 13.4. The molecule has 2 aliphatic rings. The first-order valence-corrected chi connectivity index (χ1v) is 10.9. The Morgan fingerprint density at radius 2 is 1.85 bits per heavy atom. The molecule has 1 saturated heterocycles. The zero-order valence-corrected chi connectivity index (χ0v) is 16.1. The van der Waals surface area contributed by atoms with Crippen LogP contribution in [0.25, 0.3) is 0 Å². The Balaban J connectivity index is 1.93. The molecule has 8 heteroatoms. The number of aromatic carboxylic acids is 1. The van der Waals surface area contributed by atoms with Gasteiger partial charge < -0.3 is 10.8 Å². The van der Waals surface area contributed by atoms with E-state index in [-0.39, 0.29) is 28.7 Å². The molecule has 0 unspecified atom stereocenters. The van der Waals surface area contributed by atoms with Crippen LogP contribution in [0.15, 0.2) is 17.0 Å². The summed E-state index contributed by atoms with van der Waals surface area (Å²) in [6.07, 6.45) is 5.50. The third kappa shape index (κ3) is 4.32. The number of carboxylic acid groups (broad SMARTS) is 1. The Labute approximate surface area is 159 Å². The minimum Gasteiger partial charge on any atom is -0.478 e. The third-order valence-corrected chi connectivity index (χ3v) is 7.55. The number of carbonyl (C=O) groups excluding carboxylic acids is 1. The first kappa shape index (κ1) is 19.8. The Hall–Kier alpha value is -1.93. The van der Waals surface area contributed by atoms with E-state index in [0.717, 1.165) is 30.4 Å². The van der Waals surface area contributed by atoms with E-state index >= 15 is 0 Å². The van der Waals surface area contributed by atoms with Crippen LogP contribution >= 0.6 is 0 Å². The van der Waals surface area contributed by atoms with Crippen molar-refractivity contribution < 1.29 is 23.1 Å². The average Bonchev–Trinajstić information content (AvgIpc) is 2.86. The second kappa shape index (κ2) is 7.98. The van der Waals surface area contributed by atoms with Crippen molar-refractivity contribution in [2.45, 2.75) is 56.3 Å². The van der Waals surface area contributed by atoms with Crippen molar-refractivity contribution in [1.82, 2.24) is 4.31 Å². The van der Waals surface area contributed by atoms with E-state index < -0.39 is 16.0 Å². The molecule has 3 rings (SSSR count). The van der Waals surface area contributed by atoms with Crippen molar-refractivity contribution >= 4 is 21.9 Å². The fourth-order valence-corrected chi connectivity index (χ4v) is 6.00. The number of hydrogen-bond donors (Lipinski definition) is 2. The molecular weight excluding hydrogens is 368 g/mol. The van der Waals surface area contributed by atoms with Crippen LogP contribution < -0.4 is 5.73 Å². The third-order valence-electron chi connectivity index (χ3n) is 5.59. The topological polar surface area (TPSA) is 118 Å². The Kier molecular flexibility index (Phi) is 5.86. The maximum Gasteiger partial charge on any atom is 0.335 e. The predicted molar refractivity (Wildman–Crippen MR) is 100.0 cm³/mol. The lowest BCUT2D eigenvalue weighted by Gasteiger charge is -2.25. The van der Waals surface area contributed by atoms with Crippen molar-refractivity contribution in [2.75, 3.05) is 13.1 Å². The van der Waals surface area contributed by atoms with Gasteiger partial charge in [0.15, 0.2) is 0 Å². The normalized spacial score (nSPS) is 21.3. The van der Waals surface area contributed by atoms with Crippen molar-refractivity contribution in [2.24, 2.45) is 11.7 Å².